The molecule has 4 rings (SSSR count). The molecule has 0 radical (unpaired) electrons. The Morgan fingerprint density at radius 3 is 2.24 bits per heavy atom. The van der Waals surface area contributed by atoms with Crippen molar-refractivity contribution in [2.75, 3.05) is 44.7 Å². The van der Waals surface area contributed by atoms with Crippen LogP contribution >= 0.6 is 0 Å². The molecule has 176 valence electrons. The lowest BCUT2D eigenvalue weighted by Gasteiger charge is -2.36. The number of nitrogens with two attached hydrogens (primary N) is 1. The monoisotopic (exact) mass is 461 g/mol. The third-order valence-corrected chi connectivity index (χ3v) is 6.09. The summed E-state index contributed by atoms with van der Waals surface area (Å²) in [6, 6.07) is 15.6. The summed E-state index contributed by atoms with van der Waals surface area (Å²) in [4.78, 5) is 35.0. The molecule has 1 saturated heterocycles. The highest BCUT2D eigenvalue weighted by Gasteiger charge is 2.26. The number of ketones is 1. The molecule has 0 saturated carbocycles. The van der Waals surface area contributed by atoms with Crippen molar-refractivity contribution >= 4 is 17.5 Å². The van der Waals surface area contributed by atoms with E-state index in [0.29, 0.717) is 24.3 Å². The largest absolute Gasteiger partial charge is 0.324 e. The van der Waals surface area contributed by atoms with Crippen LogP contribution in [0.5, 0.6) is 0 Å². The Morgan fingerprint density at radius 1 is 0.971 bits per heavy atom. The van der Waals surface area contributed by atoms with E-state index in [4.69, 9.17) is 5.73 Å². The first-order valence-electron chi connectivity index (χ1n) is 11.2. The number of urea groups is 1. The molecule has 2 heterocycles. The van der Waals surface area contributed by atoms with Gasteiger partial charge in [-0.3, -0.25) is 14.7 Å². The van der Waals surface area contributed by atoms with Gasteiger partial charge in [0.25, 0.3) is 0 Å². The maximum Gasteiger partial charge on any atom is 0.324 e. The van der Waals surface area contributed by atoms with Gasteiger partial charge in [0.1, 0.15) is 5.82 Å². The molecule has 0 bridgehead atoms. The predicted octanol–water partition coefficient (Wildman–Crippen LogP) is 3.40. The van der Waals surface area contributed by atoms with Gasteiger partial charge in [-0.05, 0) is 48.5 Å². The van der Waals surface area contributed by atoms with Gasteiger partial charge in [-0.2, -0.15) is 0 Å². The molecular formula is C26H28FN5O2. The molecule has 1 fully saturated rings. The summed E-state index contributed by atoms with van der Waals surface area (Å²) < 4.78 is 14.9. The first kappa shape index (κ1) is 23.5. The highest BCUT2D eigenvalue weighted by atomic mass is 19.1. The average Bonchev–Trinajstić information content (AvgIpc) is 2.88. The lowest BCUT2D eigenvalue weighted by molar-refractivity contribution is 0.100. The number of halogens is 1. The van der Waals surface area contributed by atoms with Crippen LogP contribution in [0.1, 0.15) is 15.9 Å². The number of aromatic nitrogens is 1. The molecule has 2 aromatic carbocycles. The van der Waals surface area contributed by atoms with Crippen LogP contribution in [-0.2, 0) is 6.54 Å². The van der Waals surface area contributed by atoms with E-state index in [2.05, 4.69) is 9.88 Å². The zero-order valence-corrected chi connectivity index (χ0v) is 19.2. The number of carbonyl (C=O) groups is 2. The number of nitrogens with zero attached hydrogens (tertiary/aromatic N) is 4. The Balaban J connectivity index is 1.63. The van der Waals surface area contributed by atoms with Crippen molar-refractivity contribution in [2.45, 2.75) is 6.54 Å². The predicted molar refractivity (Wildman–Crippen MR) is 130 cm³/mol. The Hall–Kier alpha value is -3.62. The molecule has 0 atom stereocenters. The number of hydrogen-bond donors (Lipinski definition) is 1. The van der Waals surface area contributed by atoms with Crippen molar-refractivity contribution in [1.29, 1.82) is 0 Å². The van der Waals surface area contributed by atoms with Crippen molar-refractivity contribution in [3.8, 4) is 11.1 Å². The third kappa shape index (κ3) is 5.30. The number of benzene rings is 2. The first-order valence-corrected chi connectivity index (χ1v) is 11.2. The van der Waals surface area contributed by atoms with Gasteiger partial charge in [0.15, 0.2) is 5.78 Å². The zero-order chi connectivity index (χ0) is 24.1. The summed E-state index contributed by atoms with van der Waals surface area (Å²) in [5.41, 5.74) is 8.63. The van der Waals surface area contributed by atoms with Crippen LogP contribution in [0.4, 0.5) is 14.9 Å². The minimum absolute atomic E-state index is 0.0444. The van der Waals surface area contributed by atoms with Gasteiger partial charge >= 0.3 is 6.03 Å². The van der Waals surface area contributed by atoms with Crippen molar-refractivity contribution in [2.24, 2.45) is 5.73 Å². The van der Waals surface area contributed by atoms with Crippen molar-refractivity contribution in [3.63, 3.8) is 0 Å². The van der Waals surface area contributed by atoms with Crippen molar-refractivity contribution in [3.05, 3.63) is 83.9 Å². The SMILES string of the molecule is CN1CCN(C(=O)N(Cc2ccc(C(=O)CN)cc2F)c2ccc(-c3ccncc3)cc2)CC1. The fraction of sp³-hybridized carbons (Fsp3) is 0.269. The van der Waals surface area contributed by atoms with E-state index in [1.807, 2.05) is 43.4 Å². The van der Waals surface area contributed by atoms with E-state index >= 15 is 0 Å². The molecular weight excluding hydrogens is 433 g/mol. The summed E-state index contributed by atoms with van der Waals surface area (Å²) in [7, 11) is 2.02. The number of Topliss-reactive ketones (excluding diaryl/α,β-unsaturated/α-hetero) is 1. The van der Waals surface area contributed by atoms with E-state index in [1.165, 1.54) is 6.07 Å². The van der Waals surface area contributed by atoms with E-state index in [0.717, 1.165) is 24.2 Å². The van der Waals surface area contributed by atoms with E-state index < -0.39 is 5.82 Å². The molecule has 34 heavy (non-hydrogen) atoms. The third-order valence-electron chi connectivity index (χ3n) is 6.09. The number of rotatable bonds is 6. The maximum absolute atomic E-state index is 14.9. The minimum Gasteiger partial charge on any atom is -0.324 e. The average molecular weight is 462 g/mol. The molecule has 0 aliphatic carbocycles. The number of pyridine rings is 1. The van der Waals surface area contributed by atoms with Gasteiger partial charge in [-0.25, -0.2) is 9.18 Å². The standard InChI is InChI=1S/C26H28FN5O2/c1-30-12-14-31(15-13-30)26(34)32(18-22-3-2-21(16-24(22)27)25(33)17-28)23-6-4-19(5-7-23)20-8-10-29-11-9-20/h2-11,16H,12-15,17-18,28H2,1H3. The normalized spacial score (nSPS) is 14.1. The second-order valence-corrected chi connectivity index (χ2v) is 8.38. The fourth-order valence-corrected chi connectivity index (χ4v) is 3.95. The molecule has 1 aromatic heterocycles. The lowest BCUT2D eigenvalue weighted by atomic mass is 10.1. The zero-order valence-electron chi connectivity index (χ0n) is 19.2. The first-order chi connectivity index (χ1) is 16.5. The van der Waals surface area contributed by atoms with Crippen LogP contribution < -0.4 is 10.6 Å². The van der Waals surface area contributed by atoms with Gasteiger partial charge in [0, 0.05) is 55.4 Å². The molecule has 1 aliphatic heterocycles. The van der Waals surface area contributed by atoms with Crippen LogP contribution in [0.25, 0.3) is 11.1 Å². The van der Waals surface area contributed by atoms with E-state index in [1.54, 1.807) is 34.3 Å². The van der Waals surface area contributed by atoms with Crippen molar-refractivity contribution in [1.82, 2.24) is 14.8 Å². The molecule has 2 N–H and O–H groups in total. The number of amides is 2. The van der Waals surface area contributed by atoms with Gasteiger partial charge in [-0.15, -0.1) is 0 Å². The quantitative estimate of drug-likeness (QED) is 0.569. The molecule has 8 heteroatoms. The minimum atomic E-state index is -0.538. The highest BCUT2D eigenvalue weighted by Crippen LogP contribution is 2.26. The van der Waals surface area contributed by atoms with Crippen LogP contribution in [0.15, 0.2) is 67.0 Å². The van der Waals surface area contributed by atoms with E-state index in [9.17, 15) is 14.0 Å². The number of piperazine rings is 1. The number of anilines is 1. The molecule has 3 aromatic rings. The molecule has 1 aliphatic rings. The Kier molecular flexibility index (Phi) is 7.30. The number of carbonyl (C=O) groups excluding carboxylic acids is 2. The summed E-state index contributed by atoms with van der Waals surface area (Å²) >= 11 is 0. The highest BCUT2D eigenvalue weighted by molar-refractivity contribution is 5.97. The van der Waals surface area contributed by atoms with Crippen molar-refractivity contribution < 1.29 is 14.0 Å². The van der Waals surface area contributed by atoms with E-state index in [-0.39, 0.29) is 30.5 Å². The topological polar surface area (TPSA) is 82.8 Å². The second kappa shape index (κ2) is 10.5. The summed E-state index contributed by atoms with van der Waals surface area (Å²) in [6.45, 7) is 2.63. The lowest BCUT2D eigenvalue weighted by Crippen LogP contribution is -2.52. The second-order valence-electron chi connectivity index (χ2n) is 8.38. The van der Waals surface area contributed by atoms with Crippen LogP contribution in [0.3, 0.4) is 0 Å². The summed E-state index contributed by atoms with van der Waals surface area (Å²) in [6.07, 6.45) is 3.46. The van der Waals surface area contributed by atoms with Crippen LogP contribution in [-0.4, -0.2) is 66.4 Å². The molecule has 0 spiro atoms. The summed E-state index contributed by atoms with van der Waals surface area (Å²) in [5.74, 6) is -0.869. The smallest absolute Gasteiger partial charge is 0.324 e. The number of likely N-dealkylation sites (N-methyl/N-ethyl adjacent to an activating group) is 1. The van der Waals surface area contributed by atoms with Crippen LogP contribution in [0.2, 0.25) is 0 Å². The van der Waals surface area contributed by atoms with Gasteiger partial charge in [0.05, 0.1) is 13.1 Å². The molecule has 2 amide bonds. The van der Waals surface area contributed by atoms with Gasteiger partial charge in [0.2, 0.25) is 0 Å². The maximum atomic E-state index is 14.9. The summed E-state index contributed by atoms with van der Waals surface area (Å²) in [5, 5.41) is 0. The van der Waals surface area contributed by atoms with Gasteiger partial charge < -0.3 is 15.5 Å². The van der Waals surface area contributed by atoms with Gasteiger partial charge in [-0.1, -0.05) is 24.3 Å². The Labute approximate surface area is 198 Å². The number of hydrogen-bond acceptors (Lipinski definition) is 5. The van der Waals surface area contributed by atoms with Crippen LogP contribution in [0, 0.1) is 5.82 Å². The molecule has 7 nitrogen and oxygen atoms in total. The molecule has 0 unspecified atom stereocenters. The fourth-order valence-electron chi connectivity index (χ4n) is 3.95. The Bertz CT molecular complexity index is 1150. The Morgan fingerprint density at radius 2 is 1.62 bits per heavy atom.